The normalized spacial score (nSPS) is 25.4. The Bertz CT molecular complexity index is 833. The van der Waals surface area contributed by atoms with Gasteiger partial charge in [-0.15, -0.1) is 0 Å². The highest BCUT2D eigenvalue weighted by molar-refractivity contribution is 7.91. The van der Waals surface area contributed by atoms with Gasteiger partial charge in [0.05, 0.1) is 12.7 Å². The highest BCUT2D eigenvalue weighted by Gasteiger charge is 2.43. The molecule has 0 bridgehead atoms. The molecule has 2 unspecified atom stereocenters. The summed E-state index contributed by atoms with van der Waals surface area (Å²) in [6.45, 7) is 4.41. The van der Waals surface area contributed by atoms with Crippen molar-refractivity contribution < 1.29 is 28.4 Å². The van der Waals surface area contributed by atoms with Crippen LogP contribution in [0.25, 0.3) is 0 Å². The number of ketones is 1. The molecule has 0 spiro atoms. The summed E-state index contributed by atoms with van der Waals surface area (Å²) in [6, 6.07) is 7.93. The van der Waals surface area contributed by atoms with Crippen LogP contribution in [0.4, 0.5) is 0 Å². The summed E-state index contributed by atoms with van der Waals surface area (Å²) in [5.41, 5.74) is 1.18. The first-order valence-corrected chi connectivity index (χ1v) is 14.8. The van der Waals surface area contributed by atoms with Crippen molar-refractivity contribution in [3.8, 4) is 0 Å². The van der Waals surface area contributed by atoms with Gasteiger partial charge in [-0.2, -0.15) is 0 Å². The maximum absolute atomic E-state index is 12.8. The molecule has 5 atom stereocenters. The molecule has 0 N–H and O–H groups in total. The van der Waals surface area contributed by atoms with Gasteiger partial charge in [0.2, 0.25) is 0 Å². The van der Waals surface area contributed by atoms with Gasteiger partial charge in [0.25, 0.3) is 0 Å². The number of unbranched alkanes of at least 4 members (excludes halogenated alkanes) is 3. The van der Waals surface area contributed by atoms with Gasteiger partial charge in [0, 0.05) is 25.9 Å². The van der Waals surface area contributed by atoms with Gasteiger partial charge in [-0.1, -0.05) is 29.8 Å². The summed E-state index contributed by atoms with van der Waals surface area (Å²) in [7, 11) is 0. The second-order valence-electron chi connectivity index (χ2n) is 9.96. The topological polar surface area (TPSA) is 84.9 Å². The summed E-state index contributed by atoms with van der Waals surface area (Å²) in [5.74, 6) is 0.500. The van der Waals surface area contributed by atoms with Gasteiger partial charge in [-0.25, -0.2) is 0 Å². The predicted octanol–water partition coefficient (Wildman–Crippen LogP) is 5.68. The van der Waals surface area contributed by atoms with E-state index < -0.39 is 11.2 Å². The lowest BCUT2D eigenvalue weighted by Crippen LogP contribution is -2.31. The van der Waals surface area contributed by atoms with Gasteiger partial charge in [0.1, 0.15) is 11.5 Å². The molecule has 1 aliphatic heterocycles. The molecular weight excluding hydrogens is 476 g/mol. The Morgan fingerprint density at radius 2 is 1.97 bits per heavy atom. The fraction of sp³-hybridized carbons (Fsp3) is 0.655. The number of hydrogen-bond acceptors (Lipinski definition) is 6. The Hall–Kier alpha value is -1.67. The average Bonchev–Trinajstić information content (AvgIpc) is 3.15. The number of ether oxygens (including phenoxy) is 3. The largest absolute Gasteiger partial charge is 0.611 e. The fourth-order valence-electron chi connectivity index (χ4n) is 5.03. The lowest BCUT2D eigenvalue weighted by atomic mass is 9.88. The second-order valence-corrected chi connectivity index (χ2v) is 11.5. The van der Waals surface area contributed by atoms with Crippen molar-refractivity contribution in [2.24, 2.45) is 11.8 Å². The van der Waals surface area contributed by atoms with Crippen LogP contribution in [0.15, 0.2) is 41.3 Å². The zero-order valence-electron chi connectivity index (χ0n) is 21.8. The van der Waals surface area contributed by atoms with Crippen molar-refractivity contribution >= 4 is 22.9 Å². The van der Waals surface area contributed by atoms with Gasteiger partial charge >= 0.3 is 5.97 Å². The fourth-order valence-corrected chi connectivity index (χ4v) is 6.18. The summed E-state index contributed by atoms with van der Waals surface area (Å²) >= 11 is -0.929. The maximum atomic E-state index is 12.8. The van der Waals surface area contributed by atoms with E-state index in [2.05, 4.69) is 12.2 Å². The first-order valence-electron chi connectivity index (χ1n) is 13.5. The Kier molecular flexibility index (Phi) is 12.5. The first kappa shape index (κ1) is 28.9. The number of Topliss-reactive ketones (excluding diaryl/α,β-unsaturated/α-hetero) is 1. The van der Waals surface area contributed by atoms with Crippen molar-refractivity contribution in [1.29, 1.82) is 0 Å². The number of rotatable bonds is 14. The van der Waals surface area contributed by atoms with Gasteiger partial charge in [-0.05, 0) is 93.9 Å². The summed E-state index contributed by atoms with van der Waals surface area (Å²) in [5, 5.41) is 0. The van der Waals surface area contributed by atoms with E-state index in [9.17, 15) is 14.1 Å². The van der Waals surface area contributed by atoms with Crippen LogP contribution >= 0.6 is 0 Å². The lowest BCUT2D eigenvalue weighted by Gasteiger charge is -2.29. The minimum atomic E-state index is -0.929. The molecule has 1 saturated carbocycles. The Labute approximate surface area is 219 Å². The molecule has 2 fully saturated rings. The van der Waals surface area contributed by atoms with E-state index in [-0.39, 0.29) is 42.6 Å². The molecule has 1 aromatic rings. The predicted molar refractivity (Wildman–Crippen MR) is 141 cm³/mol. The molecule has 1 aromatic carbocycles. The quantitative estimate of drug-likeness (QED) is 0.136. The summed E-state index contributed by atoms with van der Waals surface area (Å²) in [4.78, 5) is 24.9. The summed E-state index contributed by atoms with van der Waals surface area (Å²) < 4.78 is 29.5. The number of carbonyl (C=O) groups excluding carboxylic acids is 2. The molecule has 1 heterocycles. The van der Waals surface area contributed by atoms with E-state index >= 15 is 0 Å². The van der Waals surface area contributed by atoms with Gasteiger partial charge in [0.15, 0.2) is 11.2 Å². The average molecular weight is 519 g/mol. The van der Waals surface area contributed by atoms with E-state index in [0.29, 0.717) is 25.2 Å². The Morgan fingerprint density at radius 3 is 2.69 bits per heavy atom. The standard InChI is InChI=1S/C29H42O6S/c1-22-13-15-24(16-14-22)36(32)20-10-6-4-3-5-7-11-26-25(17-19-33-23(2)30)27(31)21-28(26)35-29-12-8-9-18-34-29/h5,7,13-16,25-26,28-29H,3-4,6,8-12,17-21H2,1-2H3/b7-5+/t25-,26-,28-,29?,36?/m1/s1. The number of esters is 1. The molecule has 6 nitrogen and oxygen atoms in total. The van der Waals surface area contributed by atoms with E-state index in [1.165, 1.54) is 12.5 Å². The Balaban J connectivity index is 1.41. The monoisotopic (exact) mass is 518 g/mol. The lowest BCUT2D eigenvalue weighted by molar-refractivity contribution is -0.195. The summed E-state index contributed by atoms with van der Waals surface area (Å²) in [6.07, 6.45) is 12.7. The van der Waals surface area contributed by atoms with Crippen molar-refractivity contribution in [2.75, 3.05) is 19.0 Å². The van der Waals surface area contributed by atoms with Crippen LogP contribution in [0.1, 0.15) is 76.7 Å². The number of benzene rings is 1. The molecule has 1 aliphatic carbocycles. The van der Waals surface area contributed by atoms with E-state index in [0.717, 1.165) is 56.3 Å². The van der Waals surface area contributed by atoms with Crippen molar-refractivity contribution in [2.45, 2.75) is 95.3 Å². The SMILES string of the molecule is CC(=O)OCC[C@H]1C(=O)C[C@@H](OC2CCCCO2)[C@@H]1C/C=C/CCCCC[S+]([O-])c1ccc(C)cc1. The highest BCUT2D eigenvalue weighted by atomic mass is 32.2. The minimum Gasteiger partial charge on any atom is -0.611 e. The molecule has 0 aromatic heterocycles. The van der Waals surface area contributed by atoms with Crippen LogP contribution in [-0.4, -0.2) is 47.7 Å². The van der Waals surface area contributed by atoms with Crippen LogP contribution in [0.3, 0.4) is 0 Å². The number of aryl methyl sites for hydroxylation is 1. The van der Waals surface area contributed by atoms with Crippen molar-refractivity contribution in [3.05, 3.63) is 42.0 Å². The molecule has 0 amide bonds. The molecule has 36 heavy (non-hydrogen) atoms. The highest BCUT2D eigenvalue weighted by Crippen LogP contribution is 2.38. The maximum Gasteiger partial charge on any atom is 0.302 e. The van der Waals surface area contributed by atoms with Crippen LogP contribution in [-0.2, 0) is 35.0 Å². The molecule has 200 valence electrons. The van der Waals surface area contributed by atoms with Crippen LogP contribution in [0.2, 0.25) is 0 Å². The number of carbonyl (C=O) groups is 2. The molecular formula is C29H42O6S. The van der Waals surface area contributed by atoms with Gasteiger partial charge < -0.3 is 18.8 Å². The third kappa shape index (κ3) is 9.66. The van der Waals surface area contributed by atoms with E-state index in [1.807, 2.05) is 31.2 Å². The first-order chi connectivity index (χ1) is 17.4. The van der Waals surface area contributed by atoms with Crippen molar-refractivity contribution in [1.82, 2.24) is 0 Å². The minimum absolute atomic E-state index is 0.0757. The molecule has 2 aliphatic rings. The molecule has 7 heteroatoms. The van der Waals surface area contributed by atoms with Crippen LogP contribution in [0.5, 0.6) is 0 Å². The third-order valence-corrected chi connectivity index (χ3v) is 8.53. The van der Waals surface area contributed by atoms with Gasteiger partial charge in [-0.3, -0.25) is 9.59 Å². The zero-order chi connectivity index (χ0) is 25.8. The third-order valence-electron chi connectivity index (χ3n) is 7.07. The van der Waals surface area contributed by atoms with E-state index in [1.54, 1.807) is 0 Å². The van der Waals surface area contributed by atoms with E-state index in [4.69, 9.17) is 14.2 Å². The number of hydrogen-bond donors (Lipinski definition) is 0. The Morgan fingerprint density at radius 1 is 1.17 bits per heavy atom. The molecule has 1 saturated heterocycles. The van der Waals surface area contributed by atoms with Crippen LogP contribution in [0, 0.1) is 18.8 Å². The molecule has 0 radical (unpaired) electrons. The zero-order valence-corrected chi connectivity index (χ0v) is 22.6. The smallest absolute Gasteiger partial charge is 0.302 e. The number of allylic oxidation sites excluding steroid dienone is 2. The van der Waals surface area contributed by atoms with Crippen molar-refractivity contribution in [3.63, 3.8) is 0 Å². The second kappa shape index (κ2) is 15.6. The van der Waals surface area contributed by atoms with Crippen LogP contribution < -0.4 is 0 Å². The molecule has 3 rings (SSSR count).